The zero-order valence-corrected chi connectivity index (χ0v) is 21.6. The van der Waals surface area contributed by atoms with Crippen LogP contribution in [0, 0.1) is 25.1 Å². The van der Waals surface area contributed by atoms with E-state index >= 15 is 4.39 Å². The van der Waals surface area contributed by atoms with Crippen molar-refractivity contribution in [2.24, 2.45) is 5.73 Å². The number of nitrogen functional groups attached to an aromatic ring is 1. The molecule has 7 nitrogen and oxygen atoms in total. The van der Waals surface area contributed by atoms with Gasteiger partial charge in [0.2, 0.25) is 5.82 Å². The molecule has 1 unspecified atom stereocenters. The Kier molecular flexibility index (Phi) is 6.73. The van der Waals surface area contributed by atoms with Crippen LogP contribution in [0.3, 0.4) is 0 Å². The van der Waals surface area contributed by atoms with Gasteiger partial charge in [0.15, 0.2) is 11.4 Å². The van der Waals surface area contributed by atoms with Gasteiger partial charge in [0.25, 0.3) is 0 Å². The highest BCUT2D eigenvalue weighted by Crippen LogP contribution is 2.46. The smallest absolute Gasteiger partial charge is 0.317 e. The average molecular weight is 491 g/mol. The first kappa shape index (κ1) is 25.2. The van der Waals surface area contributed by atoms with E-state index in [1.54, 1.807) is 24.3 Å². The fourth-order valence-corrected chi connectivity index (χ4v) is 4.46. The highest BCUT2D eigenvalue weighted by atomic mass is 19.1. The summed E-state index contributed by atoms with van der Waals surface area (Å²) in [6, 6.07) is 14.5. The number of aromatic nitrogens is 2. The zero-order valence-electron chi connectivity index (χ0n) is 21.6. The highest BCUT2D eigenvalue weighted by molar-refractivity contribution is 5.95. The summed E-state index contributed by atoms with van der Waals surface area (Å²) in [6.45, 7) is 10.0. The van der Waals surface area contributed by atoms with Crippen LogP contribution in [0.5, 0.6) is 11.5 Å². The molecule has 3 aromatic carbocycles. The lowest BCUT2D eigenvalue weighted by molar-refractivity contribution is 0.228. The summed E-state index contributed by atoms with van der Waals surface area (Å²) < 4.78 is 27.7. The van der Waals surface area contributed by atoms with Crippen LogP contribution in [-0.4, -0.2) is 35.6 Å². The minimum atomic E-state index is -0.501. The topological polar surface area (TPSA) is 97.0 Å². The number of fused-ring (bicyclic) bond motifs is 1. The number of rotatable bonds is 8. The Bertz CT molecular complexity index is 1430. The van der Waals surface area contributed by atoms with Crippen LogP contribution >= 0.6 is 0 Å². The normalized spacial score (nSPS) is 13.1. The van der Waals surface area contributed by atoms with Crippen molar-refractivity contribution in [3.05, 3.63) is 71.0 Å². The van der Waals surface area contributed by atoms with Crippen LogP contribution in [0.4, 0.5) is 21.7 Å². The van der Waals surface area contributed by atoms with E-state index in [0.717, 1.165) is 27.8 Å². The van der Waals surface area contributed by atoms with E-state index in [2.05, 4.69) is 11.1 Å². The molecule has 0 radical (unpaired) electrons. The molecule has 0 aliphatic heterocycles. The van der Waals surface area contributed by atoms with Gasteiger partial charge < -0.3 is 15.2 Å². The molecule has 8 heteroatoms. The second-order valence-electron chi connectivity index (χ2n) is 9.36. The Labute approximate surface area is 210 Å². The maximum Gasteiger partial charge on any atom is 0.317 e. The minimum Gasteiger partial charge on any atom is -0.494 e. The summed E-state index contributed by atoms with van der Waals surface area (Å²) >= 11 is 0. The van der Waals surface area contributed by atoms with Gasteiger partial charge >= 0.3 is 5.95 Å². The number of aryl methyl sites for hydroxylation is 2. The SMILES string of the molecule is CCOc1cc(OC(C)C)c(F)c([N+](C)(c2ccc(C(=N)N)cc2)c2nc3c(C)cc(C)cc3[nH]2)c1. The van der Waals surface area contributed by atoms with Crippen LogP contribution < -0.4 is 19.7 Å². The summed E-state index contributed by atoms with van der Waals surface area (Å²) in [7, 11) is 1.87. The highest BCUT2D eigenvalue weighted by Gasteiger charge is 2.40. The number of amidine groups is 1. The standard InChI is InChI=1S/C28H33FN5O2/c1-7-35-21-14-23(25(29)24(15-21)36-16(2)3)34(6,20-10-8-19(9-11-20)27(30)31)28-32-22-13-17(4)12-18(5)26(22)33-28/h8-16H,7H2,1-6H3,(H3,30,31)(H,32,33)/q+1. The molecule has 0 spiro atoms. The molecule has 188 valence electrons. The molecule has 4 N–H and O–H groups in total. The largest absolute Gasteiger partial charge is 0.494 e. The lowest BCUT2D eigenvalue weighted by atomic mass is 10.1. The lowest BCUT2D eigenvalue weighted by Crippen LogP contribution is -2.36. The summed E-state index contributed by atoms with van der Waals surface area (Å²) in [5.74, 6) is 0.592. The number of nitrogens with two attached hydrogens (primary N) is 1. The number of H-pyrrole nitrogens is 1. The molecule has 0 saturated heterocycles. The number of hydrogen-bond donors (Lipinski definition) is 3. The van der Waals surface area contributed by atoms with Gasteiger partial charge in [-0.3, -0.25) is 10.4 Å². The van der Waals surface area contributed by atoms with Crippen molar-refractivity contribution in [2.45, 2.75) is 40.7 Å². The number of halogens is 1. The molecular formula is C28H33FN5O2+. The van der Waals surface area contributed by atoms with Gasteiger partial charge in [0.1, 0.15) is 17.3 Å². The van der Waals surface area contributed by atoms with Gasteiger partial charge in [-0.2, -0.15) is 13.9 Å². The minimum absolute atomic E-state index is 0.0391. The summed E-state index contributed by atoms with van der Waals surface area (Å²) in [5, 5.41) is 7.77. The quantitative estimate of drug-likeness (QED) is 0.151. The second-order valence-corrected chi connectivity index (χ2v) is 9.36. The maximum atomic E-state index is 16.2. The molecule has 36 heavy (non-hydrogen) atoms. The number of benzene rings is 3. The van der Waals surface area contributed by atoms with Crippen molar-refractivity contribution in [2.75, 3.05) is 13.7 Å². The summed E-state index contributed by atoms with van der Waals surface area (Å²) in [4.78, 5) is 8.38. The van der Waals surface area contributed by atoms with Crippen molar-refractivity contribution < 1.29 is 13.9 Å². The molecule has 0 aliphatic carbocycles. The Morgan fingerprint density at radius 2 is 1.83 bits per heavy atom. The molecule has 0 aliphatic rings. The molecule has 0 bridgehead atoms. The number of imidazole rings is 1. The Morgan fingerprint density at radius 1 is 1.14 bits per heavy atom. The van der Waals surface area contributed by atoms with Gasteiger partial charge in [-0.25, -0.2) is 0 Å². The van der Waals surface area contributed by atoms with E-state index in [4.69, 9.17) is 25.6 Å². The molecule has 1 atom stereocenters. The molecule has 1 heterocycles. The lowest BCUT2D eigenvalue weighted by Gasteiger charge is -2.31. The van der Waals surface area contributed by atoms with Crippen molar-refractivity contribution in [1.29, 1.82) is 5.41 Å². The fraction of sp³-hybridized carbons (Fsp3) is 0.286. The predicted molar refractivity (Wildman–Crippen MR) is 143 cm³/mol. The first-order chi connectivity index (χ1) is 17.0. The van der Waals surface area contributed by atoms with Crippen LogP contribution in [-0.2, 0) is 0 Å². The third-order valence-electron chi connectivity index (χ3n) is 6.18. The first-order valence-corrected chi connectivity index (χ1v) is 12.0. The molecular weight excluding hydrogens is 457 g/mol. The van der Waals surface area contributed by atoms with Crippen LogP contribution in [0.2, 0.25) is 0 Å². The van der Waals surface area contributed by atoms with E-state index in [-0.39, 0.29) is 22.2 Å². The maximum absolute atomic E-state index is 16.2. The number of aromatic amines is 1. The number of ether oxygens (including phenoxy) is 2. The van der Waals surface area contributed by atoms with Crippen LogP contribution in [0.15, 0.2) is 48.5 Å². The number of quaternary nitrogens is 1. The van der Waals surface area contributed by atoms with E-state index < -0.39 is 5.82 Å². The number of nitrogens with one attached hydrogen (secondary N) is 2. The molecule has 0 amide bonds. The third-order valence-corrected chi connectivity index (χ3v) is 6.18. The fourth-order valence-electron chi connectivity index (χ4n) is 4.46. The number of nitrogens with zero attached hydrogens (tertiary/aromatic N) is 2. The van der Waals surface area contributed by atoms with Gasteiger partial charge in [-0.05, 0) is 63.9 Å². The third kappa shape index (κ3) is 4.52. The predicted octanol–water partition coefficient (Wildman–Crippen LogP) is 6.39. The van der Waals surface area contributed by atoms with E-state index in [1.165, 1.54) is 0 Å². The molecule has 0 fully saturated rings. The van der Waals surface area contributed by atoms with E-state index in [1.807, 2.05) is 59.9 Å². The molecule has 0 saturated carbocycles. The molecule has 4 rings (SSSR count). The first-order valence-electron chi connectivity index (χ1n) is 12.0. The average Bonchev–Trinajstić information content (AvgIpc) is 3.25. The van der Waals surface area contributed by atoms with Gasteiger partial charge in [-0.15, -0.1) is 0 Å². The van der Waals surface area contributed by atoms with Gasteiger partial charge in [0.05, 0.1) is 30.8 Å². The summed E-state index contributed by atoms with van der Waals surface area (Å²) in [6.07, 6.45) is -0.227. The summed E-state index contributed by atoms with van der Waals surface area (Å²) in [5.41, 5.74) is 11.1. The Hall–Kier alpha value is -3.91. The second kappa shape index (κ2) is 9.62. The molecule has 1 aromatic heterocycles. The van der Waals surface area contributed by atoms with Gasteiger partial charge in [-0.1, -0.05) is 6.07 Å². The van der Waals surface area contributed by atoms with Crippen molar-refractivity contribution in [3.8, 4) is 11.5 Å². The molecule has 4 aromatic rings. The Balaban J connectivity index is 2.04. The zero-order chi connectivity index (χ0) is 26.2. The van der Waals surface area contributed by atoms with Crippen molar-refractivity contribution in [3.63, 3.8) is 0 Å². The van der Waals surface area contributed by atoms with Crippen molar-refractivity contribution in [1.82, 2.24) is 14.5 Å². The van der Waals surface area contributed by atoms with Crippen LogP contribution in [0.25, 0.3) is 11.0 Å². The monoisotopic (exact) mass is 490 g/mol. The van der Waals surface area contributed by atoms with E-state index in [0.29, 0.717) is 29.6 Å². The Morgan fingerprint density at radius 3 is 2.44 bits per heavy atom. The van der Waals surface area contributed by atoms with Crippen molar-refractivity contribution >= 4 is 34.2 Å². The number of hydrogen-bond acceptors (Lipinski definition) is 4. The van der Waals surface area contributed by atoms with Gasteiger partial charge in [0, 0.05) is 29.8 Å². The van der Waals surface area contributed by atoms with E-state index in [9.17, 15) is 0 Å². The van der Waals surface area contributed by atoms with Crippen LogP contribution in [0.1, 0.15) is 37.5 Å².